The van der Waals surface area contributed by atoms with E-state index >= 15 is 0 Å². The van der Waals surface area contributed by atoms with Crippen LogP contribution in [0.1, 0.15) is 82.6 Å². The summed E-state index contributed by atoms with van der Waals surface area (Å²) in [5.41, 5.74) is 0. The molecular formula is C35H54O22. The molecule has 0 aromatic rings. The van der Waals surface area contributed by atoms with Crippen LogP contribution in [0.25, 0.3) is 0 Å². The Morgan fingerprint density at radius 3 is 1.09 bits per heavy atom. The van der Waals surface area contributed by atoms with Crippen molar-refractivity contribution in [2.75, 3.05) is 26.4 Å². The van der Waals surface area contributed by atoms with E-state index < -0.39 is 122 Å². The molecule has 57 heavy (non-hydrogen) atoms. The number of hydrogen-bond donors (Lipinski definition) is 1. The Morgan fingerprint density at radius 1 is 0.439 bits per heavy atom. The molecule has 326 valence electrons. The molecule has 3 aliphatic heterocycles. The van der Waals surface area contributed by atoms with Gasteiger partial charge in [0.05, 0.1) is 0 Å². The van der Waals surface area contributed by atoms with Gasteiger partial charge in [-0.1, -0.05) is 7.43 Å². The summed E-state index contributed by atoms with van der Waals surface area (Å²) < 4.78 is 60.8. The van der Waals surface area contributed by atoms with Gasteiger partial charge >= 0.3 is 53.7 Å². The summed E-state index contributed by atoms with van der Waals surface area (Å²) in [7, 11) is 0. The first kappa shape index (κ1) is 52.1. The van der Waals surface area contributed by atoms with Gasteiger partial charge in [-0.05, 0) is 12.8 Å². The van der Waals surface area contributed by atoms with Crippen molar-refractivity contribution in [3.05, 3.63) is 0 Å². The van der Waals surface area contributed by atoms with Gasteiger partial charge in [-0.15, -0.1) is 0 Å². The summed E-state index contributed by atoms with van der Waals surface area (Å²) in [5, 5.41) is 10.0. The Balaban J connectivity index is 0.000000965. The average Bonchev–Trinajstić information content (AvgIpc) is 3.65. The molecule has 1 N–H and O–H groups in total. The van der Waals surface area contributed by atoms with Crippen LogP contribution >= 0.6 is 0 Å². The molecule has 0 aromatic heterocycles. The van der Waals surface area contributed by atoms with Crippen molar-refractivity contribution < 1.29 is 105 Å². The zero-order valence-electron chi connectivity index (χ0n) is 32.5. The Hall–Kier alpha value is -4.93. The van der Waals surface area contributed by atoms with E-state index in [0.717, 1.165) is 75.5 Å². The first-order valence-electron chi connectivity index (χ1n) is 17.2. The number of aliphatic hydroxyl groups excluding tert-OH is 1. The predicted octanol–water partition coefficient (Wildman–Crippen LogP) is 0.127. The maximum absolute atomic E-state index is 11.5. The summed E-state index contributed by atoms with van der Waals surface area (Å²) >= 11 is 0. The summed E-state index contributed by atoms with van der Waals surface area (Å²) in [4.78, 5) is 102. The quantitative estimate of drug-likeness (QED) is 0.214. The minimum Gasteiger partial charge on any atom is -0.463 e. The lowest BCUT2D eigenvalue weighted by molar-refractivity contribution is -0.300. The van der Waals surface area contributed by atoms with Gasteiger partial charge in [0.1, 0.15) is 25.4 Å². The molecule has 0 spiro atoms. The normalized spacial score (nSPS) is 27.3. The smallest absolute Gasteiger partial charge is 0.305 e. The van der Waals surface area contributed by atoms with Crippen LogP contribution in [0.15, 0.2) is 0 Å². The highest BCUT2D eigenvalue weighted by atomic mass is 16.7. The molecule has 3 aliphatic rings. The number of carbonyl (C=O) groups is 9. The van der Waals surface area contributed by atoms with Gasteiger partial charge in [-0.25, -0.2) is 0 Å². The molecule has 0 bridgehead atoms. The maximum atomic E-state index is 11.5. The molecule has 22 nitrogen and oxygen atoms in total. The molecule has 0 aliphatic carbocycles. The van der Waals surface area contributed by atoms with E-state index in [2.05, 4.69) is 0 Å². The molecule has 3 fully saturated rings. The average molecular weight is 827 g/mol. The minimum absolute atomic E-state index is 0. The maximum Gasteiger partial charge on any atom is 0.305 e. The van der Waals surface area contributed by atoms with Crippen molar-refractivity contribution in [1.82, 2.24) is 0 Å². The number of hydrogen-bond acceptors (Lipinski definition) is 22. The van der Waals surface area contributed by atoms with Crippen molar-refractivity contribution in [3.8, 4) is 0 Å². The van der Waals surface area contributed by atoms with E-state index in [1.165, 1.54) is 12.8 Å². The third-order valence-corrected chi connectivity index (χ3v) is 7.02. The summed E-state index contributed by atoms with van der Waals surface area (Å²) in [6.07, 6.45) is -10.9. The van der Waals surface area contributed by atoms with Gasteiger partial charge in [0.25, 0.3) is 0 Å². The molecule has 0 saturated carbocycles. The van der Waals surface area contributed by atoms with Crippen molar-refractivity contribution in [2.45, 2.75) is 144 Å². The van der Waals surface area contributed by atoms with E-state index in [-0.39, 0.29) is 14.0 Å². The van der Waals surface area contributed by atoms with Crippen molar-refractivity contribution in [3.63, 3.8) is 0 Å². The monoisotopic (exact) mass is 826 g/mol. The molecule has 3 rings (SSSR count). The molecule has 5 unspecified atom stereocenters. The van der Waals surface area contributed by atoms with Gasteiger partial charge in [0, 0.05) is 75.5 Å². The molecule has 10 atom stereocenters. The van der Waals surface area contributed by atoms with Gasteiger partial charge < -0.3 is 61.9 Å². The summed E-state index contributed by atoms with van der Waals surface area (Å²) in [5.74, 6) is -6.59. The highest BCUT2D eigenvalue weighted by molar-refractivity contribution is 5.70. The second-order valence-electron chi connectivity index (χ2n) is 12.1. The van der Waals surface area contributed by atoms with Gasteiger partial charge in [0.15, 0.2) is 36.8 Å². The van der Waals surface area contributed by atoms with Crippen molar-refractivity contribution >= 4 is 53.7 Å². The first-order valence-corrected chi connectivity index (χ1v) is 17.2. The van der Waals surface area contributed by atoms with Crippen LogP contribution in [0.2, 0.25) is 0 Å². The third-order valence-electron chi connectivity index (χ3n) is 7.02. The fourth-order valence-electron chi connectivity index (χ4n) is 5.16. The topological polar surface area (TPSA) is 285 Å². The lowest BCUT2D eigenvalue weighted by Crippen LogP contribution is -2.63. The van der Waals surface area contributed by atoms with Crippen LogP contribution in [-0.2, 0) is 100.0 Å². The summed E-state index contributed by atoms with van der Waals surface area (Å²) in [6.45, 7) is 11.2. The molecule has 0 radical (unpaired) electrons. The first-order chi connectivity index (χ1) is 26.1. The van der Waals surface area contributed by atoms with E-state index in [9.17, 15) is 48.3 Å². The van der Waals surface area contributed by atoms with Crippen LogP contribution in [0.5, 0.6) is 0 Å². The Morgan fingerprint density at radius 2 is 0.754 bits per heavy atom. The van der Waals surface area contributed by atoms with Gasteiger partial charge in [-0.3, -0.25) is 43.2 Å². The number of rotatable bonds is 11. The fourth-order valence-corrected chi connectivity index (χ4v) is 5.16. The fraction of sp³-hybridized carbons (Fsp3) is 0.743. The summed E-state index contributed by atoms with van der Waals surface area (Å²) in [6, 6.07) is 0. The van der Waals surface area contributed by atoms with Crippen LogP contribution in [0.3, 0.4) is 0 Å². The van der Waals surface area contributed by atoms with E-state index in [1.807, 2.05) is 0 Å². The predicted molar refractivity (Wildman–Crippen MR) is 185 cm³/mol. The number of carbonyl (C=O) groups excluding carboxylic acids is 9. The highest BCUT2D eigenvalue weighted by Crippen LogP contribution is 2.30. The largest absolute Gasteiger partial charge is 0.463 e. The number of ether oxygens (including phenoxy) is 12. The Kier molecular flexibility index (Phi) is 23.8. The van der Waals surface area contributed by atoms with Crippen molar-refractivity contribution in [2.24, 2.45) is 0 Å². The molecule has 0 aromatic carbocycles. The second-order valence-corrected chi connectivity index (χ2v) is 12.1. The molecular weight excluding hydrogens is 772 g/mol. The van der Waals surface area contributed by atoms with Crippen molar-refractivity contribution in [1.29, 1.82) is 0 Å². The van der Waals surface area contributed by atoms with Crippen LogP contribution in [-0.4, -0.2) is 147 Å². The van der Waals surface area contributed by atoms with E-state index in [4.69, 9.17) is 56.8 Å². The molecule has 3 saturated heterocycles. The second kappa shape index (κ2) is 26.1. The Labute approximate surface area is 329 Å². The number of aliphatic hydroxyl groups is 1. The minimum atomic E-state index is -1.68. The molecule has 0 amide bonds. The van der Waals surface area contributed by atoms with Gasteiger partial charge in [-0.2, -0.15) is 0 Å². The van der Waals surface area contributed by atoms with Gasteiger partial charge in [0.2, 0.25) is 12.4 Å². The third kappa shape index (κ3) is 20.2. The number of esters is 9. The highest BCUT2D eigenvalue weighted by Gasteiger charge is 2.54. The van der Waals surface area contributed by atoms with E-state index in [0.29, 0.717) is 0 Å². The SMILES string of the molecule is C.C1CCOC1.CC(=O)OCC1OC(O)C(OC(C)=O)[C@@H](OC(C)=O)[C@H]1OC(C)=O.CC(=O)OCC1O[C@H](OC(C)=O)C(OC(C)=O)[C@@H](OC(C)=O)[C@H]1OC(C)=O. The zero-order valence-corrected chi connectivity index (χ0v) is 32.5. The lowest BCUT2D eigenvalue weighted by atomic mass is 9.98. The van der Waals surface area contributed by atoms with E-state index in [1.54, 1.807) is 0 Å². The van der Waals surface area contributed by atoms with Crippen LogP contribution in [0, 0.1) is 0 Å². The molecule has 3 heterocycles. The Bertz CT molecular complexity index is 1370. The molecule has 22 heteroatoms. The lowest BCUT2D eigenvalue weighted by Gasteiger charge is -2.43. The van der Waals surface area contributed by atoms with Crippen LogP contribution in [0.4, 0.5) is 0 Å². The zero-order chi connectivity index (χ0) is 42.7. The standard InChI is InChI=1S/C16H22O11.C14H20O10.C4H8O.CH4/c1-7(17)22-6-12-13(23-8(2)18)14(24-9(3)19)15(25-10(4)20)16(27-12)26-11(5)21;1-6(15)20-5-10-11(21-7(2)16)12(22-8(3)17)13(14(19)24-10)23-9(4)18;1-2-4-5-3-1;/h12-16H,6H2,1-5H3;10-14,19H,5H2,1-4H3;1-4H2;1H4/t12?,13-,14-,15?,16-;10?,11-,12-,13?,14?;;/m00../s1. The van der Waals surface area contributed by atoms with Crippen LogP contribution < -0.4 is 0 Å².